The van der Waals surface area contributed by atoms with Crippen LogP contribution in [0.3, 0.4) is 0 Å². The van der Waals surface area contributed by atoms with Gasteiger partial charge < -0.3 is 15.5 Å². The first kappa shape index (κ1) is 14.6. The second kappa shape index (κ2) is 5.96. The summed E-state index contributed by atoms with van der Waals surface area (Å²) in [6.45, 7) is 3.82. The van der Waals surface area contributed by atoms with E-state index < -0.39 is 11.4 Å². The van der Waals surface area contributed by atoms with E-state index >= 15 is 0 Å². The molecule has 5 heteroatoms. The van der Waals surface area contributed by atoms with Gasteiger partial charge in [0.15, 0.2) is 0 Å². The van der Waals surface area contributed by atoms with Crippen molar-refractivity contribution in [3.63, 3.8) is 0 Å². The zero-order valence-corrected chi connectivity index (χ0v) is 11.3. The lowest BCUT2D eigenvalue weighted by Crippen LogP contribution is -2.45. The minimum Gasteiger partial charge on any atom is -0.507 e. The summed E-state index contributed by atoms with van der Waals surface area (Å²) in [7, 11) is 0. The fourth-order valence-electron chi connectivity index (χ4n) is 1.63. The SMILES string of the molecule is CCC(C)(CCCl)NC(=O)c1c(O)cccc1O. The van der Waals surface area contributed by atoms with Crippen LogP contribution in [0.5, 0.6) is 11.5 Å². The maximum Gasteiger partial charge on any atom is 0.259 e. The Morgan fingerprint density at radius 2 is 1.94 bits per heavy atom. The van der Waals surface area contributed by atoms with Gasteiger partial charge in [-0.1, -0.05) is 13.0 Å². The quantitative estimate of drug-likeness (QED) is 0.721. The minimum atomic E-state index is -0.500. The molecule has 18 heavy (non-hydrogen) atoms. The molecule has 0 aromatic heterocycles. The molecule has 1 amide bonds. The van der Waals surface area contributed by atoms with Crippen LogP contribution >= 0.6 is 11.6 Å². The number of rotatable bonds is 5. The molecule has 0 heterocycles. The van der Waals surface area contributed by atoms with E-state index in [2.05, 4.69) is 5.32 Å². The number of phenolic OH excluding ortho intramolecular Hbond substituents is 2. The van der Waals surface area contributed by atoms with Gasteiger partial charge in [-0.2, -0.15) is 0 Å². The van der Waals surface area contributed by atoms with Crippen LogP contribution in [0, 0.1) is 0 Å². The summed E-state index contributed by atoms with van der Waals surface area (Å²) in [5, 5.41) is 22.0. The van der Waals surface area contributed by atoms with E-state index in [4.69, 9.17) is 11.6 Å². The van der Waals surface area contributed by atoms with Crippen molar-refractivity contribution in [1.29, 1.82) is 0 Å². The van der Waals surface area contributed by atoms with Gasteiger partial charge in [0, 0.05) is 11.4 Å². The number of carbonyl (C=O) groups is 1. The van der Waals surface area contributed by atoms with Crippen LogP contribution in [-0.2, 0) is 0 Å². The van der Waals surface area contributed by atoms with E-state index in [1.165, 1.54) is 18.2 Å². The highest BCUT2D eigenvalue weighted by Gasteiger charge is 2.26. The number of nitrogens with one attached hydrogen (secondary N) is 1. The molecule has 4 nitrogen and oxygen atoms in total. The Kier molecular flexibility index (Phi) is 4.84. The fourth-order valence-corrected chi connectivity index (χ4v) is 2.05. The molecule has 1 aromatic carbocycles. The highest BCUT2D eigenvalue weighted by atomic mass is 35.5. The summed E-state index contributed by atoms with van der Waals surface area (Å²) in [4.78, 5) is 12.1. The van der Waals surface area contributed by atoms with Gasteiger partial charge in [0.25, 0.3) is 5.91 Å². The first-order chi connectivity index (χ1) is 8.43. The number of aromatic hydroxyl groups is 2. The molecule has 1 atom stereocenters. The molecule has 3 N–H and O–H groups in total. The Labute approximate surface area is 112 Å². The lowest BCUT2D eigenvalue weighted by Gasteiger charge is -2.29. The van der Waals surface area contributed by atoms with Gasteiger partial charge in [0.05, 0.1) is 0 Å². The van der Waals surface area contributed by atoms with Crippen LogP contribution in [0.4, 0.5) is 0 Å². The Morgan fingerprint density at radius 3 is 2.39 bits per heavy atom. The number of amides is 1. The second-order valence-electron chi connectivity index (χ2n) is 4.48. The molecule has 0 aliphatic carbocycles. The number of benzene rings is 1. The maximum absolute atomic E-state index is 12.1. The summed E-state index contributed by atoms with van der Waals surface area (Å²) < 4.78 is 0. The third-order valence-corrected chi connectivity index (χ3v) is 3.28. The first-order valence-electron chi connectivity index (χ1n) is 5.83. The highest BCUT2D eigenvalue weighted by Crippen LogP contribution is 2.27. The van der Waals surface area contributed by atoms with E-state index in [0.717, 1.165) is 0 Å². The van der Waals surface area contributed by atoms with E-state index in [1.54, 1.807) is 0 Å². The monoisotopic (exact) mass is 271 g/mol. The van der Waals surface area contributed by atoms with Crippen LogP contribution in [0.25, 0.3) is 0 Å². The van der Waals surface area contributed by atoms with Crippen molar-refractivity contribution in [2.45, 2.75) is 32.2 Å². The summed E-state index contributed by atoms with van der Waals surface area (Å²) in [6, 6.07) is 4.19. The molecular formula is C13H18ClNO3. The van der Waals surface area contributed by atoms with Crippen LogP contribution in [0.15, 0.2) is 18.2 Å². The molecule has 1 unspecified atom stereocenters. The Bertz CT molecular complexity index is 416. The fraction of sp³-hybridized carbons (Fsp3) is 0.462. The Hall–Kier alpha value is -1.42. The maximum atomic E-state index is 12.1. The number of hydrogen-bond acceptors (Lipinski definition) is 3. The molecule has 0 bridgehead atoms. The molecule has 0 radical (unpaired) electrons. The molecule has 0 spiro atoms. The number of hydrogen-bond donors (Lipinski definition) is 3. The van der Waals surface area contributed by atoms with Crippen molar-refractivity contribution < 1.29 is 15.0 Å². The Balaban J connectivity index is 2.95. The van der Waals surface area contributed by atoms with Crippen LogP contribution < -0.4 is 5.32 Å². The van der Waals surface area contributed by atoms with Gasteiger partial charge in [-0.25, -0.2) is 0 Å². The predicted molar refractivity (Wildman–Crippen MR) is 71.3 cm³/mol. The van der Waals surface area contributed by atoms with Crippen LogP contribution in [-0.4, -0.2) is 27.5 Å². The molecule has 1 rings (SSSR count). The summed E-state index contributed by atoms with van der Waals surface area (Å²) in [6.07, 6.45) is 1.32. The third kappa shape index (κ3) is 3.29. The van der Waals surface area contributed by atoms with Gasteiger partial charge in [-0.05, 0) is 31.9 Å². The van der Waals surface area contributed by atoms with Crippen molar-refractivity contribution in [1.82, 2.24) is 5.32 Å². The van der Waals surface area contributed by atoms with Crippen LogP contribution in [0.2, 0.25) is 0 Å². The first-order valence-corrected chi connectivity index (χ1v) is 6.36. The average molecular weight is 272 g/mol. The van der Waals surface area contributed by atoms with Gasteiger partial charge in [-0.3, -0.25) is 4.79 Å². The lowest BCUT2D eigenvalue weighted by atomic mass is 9.95. The van der Waals surface area contributed by atoms with Gasteiger partial charge in [0.2, 0.25) is 0 Å². The normalized spacial score (nSPS) is 13.9. The van der Waals surface area contributed by atoms with Crippen molar-refractivity contribution in [2.75, 3.05) is 5.88 Å². The smallest absolute Gasteiger partial charge is 0.259 e. The van der Waals surface area contributed by atoms with Gasteiger partial charge in [0.1, 0.15) is 17.1 Å². The van der Waals surface area contributed by atoms with Crippen LogP contribution in [0.1, 0.15) is 37.0 Å². The predicted octanol–water partition coefficient (Wildman–Crippen LogP) is 2.63. The van der Waals surface area contributed by atoms with E-state index in [0.29, 0.717) is 18.7 Å². The minimum absolute atomic E-state index is 0.105. The standard InChI is InChI=1S/C13H18ClNO3/c1-3-13(2,7-8-14)15-12(18)11-9(16)5-4-6-10(11)17/h4-6,16-17H,3,7-8H2,1-2H3,(H,15,18). The molecule has 0 aliphatic rings. The zero-order chi connectivity index (χ0) is 13.8. The third-order valence-electron chi connectivity index (χ3n) is 3.09. The molecule has 100 valence electrons. The Morgan fingerprint density at radius 1 is 1.39 bits per heavy atom. The summed E-state index contributed by atoms with van der Waals surface area (Å²) in [5.74, 6) is -0.550. The summed E-state index contributed by atoms with van der Waals surface area (Å²) >= 11 is 5.71. The largest absolute Gasteiger partial charge is 0.507 e. The zero-order valence-electron chi connectivity index (χ0n) is 10.5. The molecule has 0 saturated carbocycles. The number of halogens is 1. The van der Waals surface area contributed by atoms with Crippen molar-refractivity contribution in [3.8, 4) is 11.5 Å². The number of alkyl halides is 1. The topological polar surface area (TPSA) is 69.6 Å². The molecule has 0 fully saturated rings. The number of carbonyl (C=O) groups excluding carboxylic acids is 1. The van der Waals surface area contributed by atoms with E-state index in [-0.39, 0.29) is 17.1 Å². The molecular weight excluding hydrogens is 254 g/mol. The molecule has 0 saturated heterocycles. The van der Waals surface area contributed by atoms with E-state index in [9.17, 15) is 15.0 Å². The molecule has 1 aromatic rings. The van der Waals surface area contributed by atoms with Gasteiger partial charge >= 0.3 is 0 Å². The highest BCUT2D eigenvalue weighted by molar-refractivity contribution is 6.17. The van der Waals surface area contributed by atoms with Crippen molar-refractivity contribution in [2.24, 2.45) is 0 Å². The lowest BCUT2D eigenvalue weighted by molar-refractivity contribution is 0.0896. The van der Waals surface area contributed by atoms with E-state index in [1.807, 2.05) is 13.8 Å². The van der Waals surface area contributed by atoms with Gasteiger partial charge in [-0.15, -0.1) is 11.6 Å². The molecule has 0 aliphatic heterocycles. The summed E-state index contributed by atoms with van der Waals surface area (Å²) in [5.41, 5.74) is -0.556. The van der Waals surface area contributed by atoms with Crippen molar-refractivity contribution in [3.05, 3.63) is 23.8 Å². The number of phenols is 2. The van der Waals surface area contributed by atoms with Crippen molar-refractivity contribution >= 4 is 17.5 Å². The average Bonchev–Trinajstić information content (AvgIpc) is 2.29. The second-order valence-corrected chi connectivity index (χ2v) is 4.86.